The van der Waals surface area contributed by atoms with Crippen LogP contribution in [0.2, 0.25) is 0 Å². The number of hydrogen-bond acceptors (Lipinski definition) is 4. The molecule has 0 aromatic carbocycles. The van der Waals surface area contributed by atoms with Gasteiger partial charge in [0.25, 0.3) is 5.91 Å². The molecule has 0 bridgehead atoms. The van der Waals surface area contributed by atoms with E-state index < -0.39 is 0 Å². The fourth-order valence-corrected chi connectivity index (χ4v) is 2.65. The molecule has 6 nitrogen and oxygen atoms in total. The fourth-order valence-electron chi connectivity index (χ4n) is 2.65. The lowest BCUT2D eigenvalue weighted by Crippen LogP contribution is -2.37. The van der Waals surface area contributed by atoms with Crippen LogP contribution in [0.4, 0.5) is 0 Å². The molecule has 0 unspecified atom stereocenters. The van der Waals surface area contributed by atoms with E-state index in [0.29, 0.717) is 25.3 Å². The molecule has 3 rings (SSSR count). The van der Waals surface area contributed by atoms with E-state index in [9.17, 15) is 4.79 Å². The number of hydrogen-bond donors (Lipinski definition) is 0. The van der Waals surface area contributed by atoms with Crippen LogP contribution >= 0.6 is 0 Å². The molecule has 0 saturated heterocycles. The Bertz CT molecular complexity index is 611. The Morgan fingerprint density at radius 1 is 1.38 bits per heavy atom. The zero-order chi connectivity index (χ0) is 14.7. The molecule has 1 atom stereocenters. The third kappa shape index (κ3) is 2.95. The third-order valence-electron chi connectivity index (χ3n) is 3.62. The van der Waals surface area contributed by atoms with Gasteiger partial charge in [-0.2, -0.15) is 10.2 Å². The molecule has 1 amide bonds. The van der Waals surface area contributed by atoms with Gasteiger partial charge < -0.3 is 14.2 Å². The Hall–Kier alpha value is -2.21. The molecule has 0 aliphatic carbocycles. The highest BCUT2D eigenvalue weighted by atomic mass is 16.5. The third-order valence-corrected chi connectivity index (χ3v) is 3.62. The summed E-state index contributed by atoms with van der Waals surface area (Å²) < 4.78 is 7.91. The van der Waals surface area contributed by atoms with Crippen molar-refractivity contribution < 1.29 is 9.53 Å². The van der Waals surface area contributed by atoms with Crippen molar-refractivity contribution in [3.8, 4) is 0 Å². The molecule has 0 saturated carbocycles. The number of carbonyl (C=O) groups is 1. The van der Waals surface area contributed by atoms with Gasteiger partial charge in [-0.1, -0.05) is 0 Å². The first-order valence-electron chi connectivity index (χ1n) is 7.09. The predicted molar refractivity (Wildman–Crippen MR) is 76.6 cm³/mol. The first-order chi connectivity index (χ1) is 10.3. The molecule has 1 aliphatic heterocycles. The summed E-state index contributed by atoms with van der Waals surface area (Å²) in [6.07, 6.45) is 5.07. The van der Waals surface area contributed by atoms with Crippen molar-refractivity contribution in [2.75, 3.05) is 13.2 Å². The quantitative estimate of drug-likeness (QED) is 0.854. The van der Waals surface area contributed by atoms with Gasteiger partial charge >= 0.3 is 0 Å². The van der Waals surface area contributed by atoms with Gasteiger partial charge in [-0.3, -0.25) is 4.79 Å². The summed E-state index contributed by atoms with van der Waals surface area (Å²) >= 11 is 0. The molecular formula is C15H18N4O2. The van der Waals surface area contributed by atoms with E-state index in [1.54, 1.807) is 6.07 Å². The Morgan fingerprint density at radius 3 is 3.05 bits per heavy atom. The van der Waals surface area contributed by atoms with Gasteiger partial charge in [0, 0.05) is 25.0 Å². The molecular weight excluding hydrogens is 268 g/mol. The maximum Gasteiger partial charge on any atom is 0.255 e. The number of nitrogens with zero attached hydrogens (tertiary/aromatic N) is 4. The number of carbonyl (C=O) groups excluding carboxylic acids is 1. The highest BCUT2D eigenvalue weighted by molar-refractivity contribution is 5.93. The van der Waals surface area contributed by atoms with Crippen molar-refractivity contribution >= 4 is 5.91 Å². The fraction of sp³-hybridized carbons (Fsp3) is 0.400. The first-order valence-corrected chi connectivity index (χ1v) is 7.09. The van der Waals surface area contributed by atoms with Gasteiger partial charge in [0.2, 0.25) is 0 Å². The minimum Gasteiger partial charge on any atom is -0.375 e. The molecule has 2 aromatic heterocycles. The van der Waals surface area contributed by atoms with Gasteiger partial charge in [0.15, 0.2) is 0 Å². The standard InChI is InChI=1S/C15H18N4O2/c1-2-21-14-10-18-7-3-4-13(18)9-19(11-14)15(20)12-5-6-16-17-8-12/h3-8,14H,2,9-11H2,1H3/t14-/m0/s1. The second-order valence-electron chi connectivity index (χ2n) is 5.05. The van der Waals surface area contributed by atoms with Crippen LogP contribution in [0.15, 0.2) is 36.8 Å². The minimum atomic E-state index is -0.0377. The molecule has 110 valence electrons. The van der Waals surface area contributed by atoms with E-state index in [4.69, 9.17) is 4.74 Å². The molecule has 0 spiro atoms. The SMILES string of the molecule is CCO[C@@H]1CN(C(=O)c2ccnnc2)Cc2cccn2C1. The van der Waals surface area contributed by atoms with Crippen molar-refractivity contribution in [1.29, 1.82) is 0 Å². The van der Waals surface area contributed by atoms with Gasteiger partial charge in [0.05, 0.1) is 37.2 Å². The van der Waals surface area contributed by atoms with Gasteiger partial charge in [-0.25, -0.2) is 0 Å². The second kappa shape index (κ2) is 6.05. The van der Waals surface area contributed by atoms with Crippen molar-refractivity contribution in [2.24, 2.45) is 0 Å². The van der Waals surface area contributed by atoms with E-state index in [0.717, 1.165) is 12.2 Å². The summed E-state index contributed by atoms with van der Waals surface area (Å²) in [6, 6.07) is 5.73. The first kappa shape index (κ1) is 13.8. The summed E-state index contributed by atoms with van der Waals surface area (Å²) in [5.41, 5.74) is 1.67. The number of amides is 1. The maximum atomic E-state index is 12.6. The van der Waals surface area contributed by atoms with Crippen LogP contribution < -0.4 is 0 Å². The molecule has 0 fully saturated rings. The minimum absolute atomic E-state index is 0.00222. The summed E-state index contributed by atoms with van der Waals surface area (Å²) in [7, 11) is 0. The van der Waals surface area contributed by atoms with E-state index in [-0.39, 0.29) is 12.0 Å². The topological polar surface area (TPSA) is 60.2 Å². The lowest BCUT2D eigenvalue weighted by atomic mass is 10.2. The Balaban J connectivity index is 1.86. The molecule has 0 radical (unpaired) electrons. The summed E-state index contributed by atoms with van der Waals surface area (Å²) in [5, 5.41) is 7.49. The number of aromatic nitrogens is 3. The number of ether oxygens (including phenoxy) is 1. The van der Waals surface area contributed by atoms with Crippen LogP contribution in [0.1, 0.15) is 23.0 Å². The Kier molecular flexibility index (Phi) is 3.96. The van der Waals surface area contributed by atoms with Crippen molar-refractivity contribution in [1.82, 2.24) is 19.7 Å². The Morgan fingerprint density at radius 2 is 2.29 bits per heavy atom. The van der Waals surface area contributed by atoms with Gasteiger partial charge in [-0.15, -0.1) is 0 Å². The van der Waals surface area contributed by atoms with Crippen LogP contribution in [0, 0.1) is 0 Å². The summed E-state index contributed by atoms with van der Waals surface area (Å²) in [5.74, 6) is -0.0377. The van der Waals surface area contributed by atoms with Crippen LogP contribution in [0.5, 0.6) is 0 Å². The van der Waals surface area contributed by atoms with Crippen LogP contribution in [0.25, 0.3) is 0 Å². The summed E-state index contributed by atoms with van der Waals surface area (Å²) in [4.78, 5) is 14.4. The lowest BCUT2D eigenvalue weighted by Gasteiger charge is -2.24. The Labute approximate surface area is 123 Å². The average molecular weight is 286 g/mol. The molecule has 6 heteroatoms. The van der Waals surface area contributed by atoms with Gasteiger partial charge in [-0.05, 0) is 25.1 Å². The van der Waals surface area contributed by atoms with E-state index in [1.165, 1.54) is 12.4 Å². The second-order valence-corrected chi connectivity index (χ2v) is 5.05. The van der Waals surface area contributed by atoms with E-state index in [2.05, 4.69) is 14.8 Å². The predicted octanol–water partition coefficient (Wildman–Crippen LogP) is 1.34. The van der Waals surface area contributed by atoms with Crippen molar-refractivity contribution in [3.05, 3.63) is 48.0 Å². The number of rotatable bonds is 3. The van der Waals surface area contributed by atoms with E-state index >= 15 is 0 Å². The monoisotopic (exact) mass is 286 g/mol. The van der Waals surface area contributed by atoms with Gasteiger partial charge in [0.1, 0.15) is 0 Å². The van der Waals surface area contributed by atoms with Crippen LogP contribution in [-0.4, -0.2) is 44.8 Å². The zero-order valence-electron chi connectivity index (χ0n) is 12.0. The molecule has 1 aliphatic rings. The zero-order valence-corrected chi connectivity index (χ0v) is 12.0. The van der Waals surface area contributed by atoms with E-state index in [1.807, 2.05) is 30.2 Å². The molecule has 3 heterocycles. The molecule has 0 N–H and O–H groups in total. The van der Waals surface area contributed by atoms with Crippen LogP contribution in [-0.2, 0) is 17.8 Å². The smallest absolute Gasteiger partial charge is 0.255 e. The summed E-state index contributed by atoms with van der Waals surface area (Å²) in [6.45, 7) is 4.55. The lowest BCUT2D eigenvalue weighted by molar-refractivity contribution is 0.0258. The largest absolute Gasteiger partial charge is 0.375 e. The van der Waals surface area contributed by atoms with Crippen molar-refractivity contribution in [2.45, 2.75) is 26.1 Å². The van der Waals surface area contributed by atoms with Crippen molar-refractivity contribution in [3.63, 3.8) is 0 Å². The maximum absolute atomic E-state index is 12.6. The number of fused-ring (bicyclic) bond motifs is 1. The molecule has 2 aromatic rings. The molecule has 21 heavy (non-hydrogen) atoms. The average Bonchev–Trinajstić information content (AvgIpc) is 2.86. The van der Waals surface area contributed by atoms with Crippen LogP contribution in [0.3, 0.4) is 0 Å². The highest BCUT2D eigenvalue weighted by Crippen LogP contribution is 2.17. The normalized spacial score (nSPS) is 18.1. The highest BCUT2D eigenvalue weighted by Gasteiger charge is 2.25.